The van der Waals surface area contributed by atoms with E-state index < -0.39 is 17.5 Å². The van der Waals surface area contributed by atoms with Gasteiger partial charge in [0, 0.05) is 13.5 Å². The molecule has 0 bridgehead atoms. The van der Waals surface area contributed by atoms with E-state index in [2.05, 4.69) is 5.32 Å². The van der Waals surface area contributed by atoms with Gasteiger partial charge in [0.25, 0.3) is 0 Å². The van der Waals surface area contributed by atoms with E-state index in [0.29, 0.717) is 0 Å². The van der Waals surface area contributed by atoms with Gasteiger partial charge in [-0.2, -0.15) is 13.2 Å². The number of alkyl halides is 3. The lowest BCUT2D eigenvalue weighted by atomic mass is 10.2. The number of halogens is 3. The van der Waals surface area contributed by atoms with Crippen LogP contribution in [0.4, 0.5) is 24.5 Å². The number of anilines is 1. The molecule has 5 nitrogen and oxygen atoms in total. The topological polar surface area (TPSA) is 64.4 Å². The number of ether oxygens (including phenoxy) is 1. The Kier molecular flexibility index (Phi) is 4.96. The third kappa shape index (κ3) is 4.65. The van der Waals surface area contributed by atoms with Crippen LogP contribution in [0.1, 0.15) is 12.8 Å². The Balaban J connectivity index is 2.70. The summed E-state index contributed by atoms with van der Waals surface area (Å²) in [7, 11) is 1.51. The summed E-state index contributed by atoms with van der Waals surface area (Å²) in [5.74, 6) is -0.0426. The summed E-state index contributed by atoms with van der Waals surface area (Å²) in [4.78, 5) is 10.3. The molecule has 1 aromatic rings. The van der Waals surface area contributed by atoms with Gasteiger partial charge in [-0.25, -0.2) is 0 Å². The normalized spacial score (nSPS) is 11.2. The van der Waals surface area contributed by atoms with Gasteiger partial charge in [-0.3, -0.25) is 10.1 Å². The number of para-hydroxylation sites is 1. The molecule has 0 aliphatic rings. The van der Waals surface area contributed by atoms with Gasteiger partial charge in [-0.15, -0.1) is 0 Å². The van der Waals surface area contributed by atoms with Crippen LogP contribution in [0.3, 0.4) is 0 Å². The number of nitrogens with one attached hydrogen (secondary N) is 1. The SMILES string of the molecule is CNc1cccc(OCCCC(F)(F)F)c1[N+](=O)[O-]. The van der Waals surface area contributed by atoms with Crippen molar-refractivity contribution in [2.45, 2.75) is 19.0 Å². The maximum atomic E-state index is 11.9. The summed E-state index contributed by atoms with van der Waals surface area (Å²) >= 11 is 0. The van der Waals surface area contributed by atoms with Gasteiger partial charge in [0.1, 0.15) is 5.69 Å². The number of rotatable bonds is 6. The van der Waals surface area contributed by atoms with Crippen molar-refractivity contribution in [3.8, 4) is 5.75 Å². The minimum Gasteiger partial charge on any atom is -0.487 e. The van der Waals surface area contributed by atoms with Crippen LogP contribution in [0, 0.1) is 10.1 Å². The molecule has 0 atom stereocenters. The smallest absolute Gasteiger partial charge is 0.389 e. The minimum absolute atomic E-state index is 0.0426. The Morgan fingerprint density at radius 1 is 1.42 bits per heavy atom. The molecule has 1 N–H and O–H groups in total. The Bertz CT molecular complexity index is 449. The highest BCUT2D eigenvalue weighted by Crippen LogP contribution is 2.34. The van der Waals surface area contributed by atoms with E-state index in [-0.39, 0.29) is 30.2 Å². The zero-order valence-electron chi connectivity index (χ0n) is 10.2. The van der Waals surface area contributed by atoms with Crippen LogP contribution < -0.4 is 10.1 Å². The van der Waals surface area contributed by atoms with Crippen molar-refractivity contribution < 1.29 is 22.8 Å². The van der Waals surface area contributed by atoms with Crippen LogP contribution in [-0.4, -0.2) is 24.8 Å². The fourth-order valence-electron chi connectivity index (χ4n) is 1.48. The molecule has 106 valence electrons. The van der Waals surface area contributed by atoms with E-state index in [1.165, 1.54) is 25.2 Å². The maximum Gasteiger partial charge on any atom is 0.389 e. The second kappa shape index (κ2) is 6.26. The lowest BCUT2D eigenvalue weighted by molar-refractivity contribution is -0.384. The molecule has 0 unspecified atom stereocenters. The first-order valence-corrected chi connectivity index (χ1v) is 5.50. The highest BCUT2D eigenvalue weighted by molar-refractivity contribution is 5.68. The van der Waals surface area contributed by atoms with Gasteiger partial charge in [-0.1, -0.05) is 6.07 Å². The molecule has 0 aliphatic carbocycles. The third-order valence-corrected chi connectivity index (χ3v) is 2.31. The highest BCUT2D eigenvalue weighted by atomic mass is 19.4. The van der Waals surface area contributed by atoms with Gasteiger partial charge in [0.05, 0.1) is 11.5 Å². The average molecular weight is 278 g/mol. The van der Waals surface area contributed by atoms with Crippen molar-refractivity contribution in [1.29, 1.82) is 0 Å². The van der Waals surface area contributed by atoms with E-state index in [1.807, 2.05) is 0 Å². The van der Waals surface area contributed by atoms with Crippen molar-refractivity contribution in [2.24, 2.45) is 0 Å². The standard InChI is InChI=1S/C11H13F3N2O3/c1-15-8-4-2-5-9(10(8)16(17)18)19-7-3-6-11(12,13)14/h2,4-5,15H,3,6-7H2,1H3. The Hall–Kier alpha value is -1.99. The minimum atomic E-state index is -4.25. The van der Waals surface area contributed by atoms with Crippen LogP contribution in [0.2, 0.25) is 0 Å². The quantitative estimate of drug-likeness (QED) is 0.492. The molecule has 1 aromatic carbocycles. The number of hydrogen-bond acceptors (Lipinski definition) is 4. The molecule has 8 heteroatoms. The van der Waals surface area contributed by atoms with Gasteiger partial charge in [-0.05, 0) is 18.6 Å². The van der Waals surface area contributed by atoms with Crippen molar-refractivity contribution in [3.63, 3.8) is 0 Å². The molecule has 19 heavy (non-hydrogen) atoms. The van der Waals surface area contributed by atoms with E-state index >= 15 is 0 Å². The van der Waals surface area contributed by atoms with Crippen LogP contribution in [0.5, 0.6) is 5.75 Å². The van der Waals surface area contributed by atoms with Crippen molar-refractivity contribution in [2.75, 3.05) is 19.0 Å². The second-order valence-electron chi connectivity index (χ2n) is 3.73. The first kappa shape index (κ1) is 15.1. The zero-order chi connectivity index (χ0) is 14.5. The van der Waals surface area contributed by atoms with Crippen LogP contribution in [0.25, 0.3) is 0 Å². The molecule has 0 aliphatic heterocycles. The van der Waals surface area contributed by atoms with Crippen molar-refractivity contribution in [3.05, 3.63) is 28.3 Å². The Labute approximate surface area is 107 Å². The van der Waals surface area contributed by atoms with Gasteiger partial charge < -0.3 is 10.1 Å². The van der Waals surface area contributed by atoms with Gasteiger partial charge in [0.2, 0.25) is 0 Å². The zero-order valence-corrected chi connectivity index (χ0v) is 10.2. The molecule has 0 heterocycles. The summed E-state index contributed by atoms with van der Waals surface area (Å²) in [6.07, 6.45) is -5.47. The molecule has 0 radical (unpaired) electrons. The average Bonchev–Trinajstić information content (AvgIpc) is 2.32. The van der Waals surface area contributed by atoms with E-state index in [9.17, 15) is 23.3 Å². The van der Waals surface area contributed by atoms with Gasteiger partial charge >= 0.3 is 11.9 Å². The molecule has 0 saturated heterocycles. The molecule has 0 spiro atoms. The molecule has 0 amide bonds. The number of benzene rings is 1. The predicted molar refractivity (Wildman–Crippen MR) is 63.4 cm³/mol. The summed E-state index contributed by atoms with van der Waals surface area (Å²) < 4.78 is 40.9. The molecule has 0 saturated carbocycles. The Morgan fingerprint density at radius 3 is 2.63 bits per heavy atom. The van der Waals surface area contributed by atoms with E-state index in [1.54, 1.807) is 0 Å². The number of nitro benzene ring substituents is 1. The molecule has 1 rings (SSSR count). The fraction of sp³-hybridized carbons (Fsp3) is 0.455. The van der Waals surface area contributed by atoms with Crippen LogP contribution in [0.15, 0.2) is 18.2 Å². The summed E-state index contributed by atoms with van der Waals surface area (Å²) in [6.45, 7) is -0.229. The molecular weight excluding hydrogens is 265 g/mol. The fourth-order valence-corrected chi connectivity index (χ4v) is 1.48. The number of hydrogen-bond donors (Lipinski definition) is 1. The van der Waals surface area contributed by atoms with Crippen molar-refractivity contribution in [1.82, 2.24) is 0 Å². The predicted octanol–water partition coefficient (Wildman–Crippen LogP) is 3.36. The van der Waals surface area contributed by atoms with Crippen LogP contribution >= 0.6 is 0 Å². The lowest BCUT2D eigenvalue weighted by Gasteiger charge is -2.10. The largest absolute Gasteiger partial charge is 0.487 e. The van der Waals surface area contributed by atoms with E-state index in [0.717, 1.165) is 0 Å². The number of nitrogens with zero attached hydrogens (tertiary/aromatic N) is 1. The third-order valence-electron chi connectivity index (χ3n) is 2.31. The maximum absolute atomic E-state index is 11.9. The monoisotopic (exact) mass is 278 g/mol. The highest BCUT2D eigenvalue weighted by Gasteiger charge is 2.26. The second-order valence-corrected chi connectivity index (χ2v) is 3.73. The van der Waals surface area contributed by atoms with Gasteiger partial charge in [0.15, 0.2) is 5.75 Å². The first-order chi connectivity index (χ1) is 8.85. The summed E-state index contributed by atoms with van der Waals surface area (Å²) in [5.41, 5.74) is -0.0321. The molecule has 0 aromatic heterocycles. The lowest BCUT2D eigenvalue weighted by Crippen LogP contribution is -2.10. The van der Waals surface area contributed by atoms with E-state index in [4.69, 9.17) is 4.74 Å². The summed E-state index contributed by atoms with van der Waals surface area (Å²) in [6, 6.07) is 4.37. The molecule has 0 fully saturated rings. The number of nitro groups is 1. The summed E-state index contributed by atoms with van der Waals surface area (Å²) in [5, 5.41) is 13.5. The van der Waals surface area contributed by atoms with Crippen molar-refractivity contribution >= 4 is 11.4 Å². The van der Waals surface area contributed by atoms with Crippen LogP contribution in [-0.2, 0) is 0 Å². The Morgan fingerprint density at radius 2 is 2.11 bits per heavy atom. The first-order valence-electron chi connectivity index (χ1n) is 5.50. The molecular formula is C11H13F3N2O3.